The smallest absolute Gasteiger partial charge is 0.203 e. The lowest BCUT2D eigenvalue weighted by atomic mass is 9.99. The topological polar surface area (TPSA) is 62.9 Å². The van der Waals surface area contributed by atoms with Gasteiger partial charge in [0.1, 0.15) is 5.75 Å². The van der Waals surface area contributed by atoms with Crippen molar-refractivity contribution in [1.29, 1.82) is 0 Å². The predicted molar refractivity (Wildman–Crippen MR) is 94.3 cm³/mol. The van der Waals surface area contributed by atoms with E-state index >= 15 is 0 Å². The predicted octanol–water partition coefficient (Wildman–Crippen LogP) is 3.35. The van der Waals surface area contributed by atoms with Gasteiger partial charge in [-0.05, 0) is 48.2 Å². The number of benzene rings is 2. The van der Waals surface area contributed by atoms with Crippen LogP contribution in [0.1, 0.15) is 23.6 Å². The second-order valence-electron chi connectivity index (χ2n) is 5.45. The maximum absolute atomic E-state index is 6.30. The molecule has 5 heteroatoms. The first-order valence-corrected chi connectivity index (χ1v) is 7.81. The molecule has 0 saturated heterocycles. The number of nitrogens with two attached hydrogens (primary N) is 1. The van der Waals surface area contributed by atoms with Gasteiger partial charge >= 0.3 is 0 Å². The van der Waals surface area contributed by atoms with Crippen molar-refractivity contribution in [3.8, 4) is 23.0 Å². The zero-order valence-electron chi connectivity index (χ0n) is 14.7. The highest BCUT2D eigenvalue weighted by Crippen LogP contribution is 2.38. The lowest BCUT2D eigenvalue weighted by Crippen LogP contribution is -2.11. The Morgan fingerprint density at radius 3 is 1.88 bits per heavy atom. The minimum atomic E-state index is -0.0463. The molecule has 0 unspecified atom stereocenters. The lowest BCUT2D eigenvalue weighted by Gasteiger charge is -2.16. The molecule has 1 atom stereocenters. The molecule has 24 heavy (non-hydrogen) atoms. The van der Waals surface area contributed by atoms with E-state index < -0.39 is 0 Å². The summed E-state index contributed by atoms with van der Waals surface area (Å²) in [4.78, 5) is 0. The van der Waals surface area contributed by atoms with Crippen molar-refractivity contribution in [1.82, 2.24) is 0 Å². The molecule has 0 heterocycles. The Bertz CT molecular complexity index is 630. The minimum Gasteiger partial charge on any atom is -0.497 e. The van der Waals surface area contributed by atoms with Gasteiger partial charge in [0.2, 0.25) is 5.75 Å². The standard InChI is InChI=1S/C19H25NO4/c1-21-15-8-6-14(7-9-15)16(20)10-5-13-11-17(22-2)19(24-4)18(12-13)23-3/h6-9,11-12,16H,5,10,20H2,1-4H3/t16-/m0/s1. The van der Waals surface area contributed by atoms with Crippen LogP contribution >= 0.6 is 0 Å². The van der Waals surface area contributed by atoms with E-state index in [1.165, 1.54) is 0 Å². The Morgan fingerprint density at radius 1 is 0.833 bits per heavy atom. The molecular formula is C19H25NO4. The van der Waals surface area contributed by atoms with Crippen LogP contribution in [0.5, 0.6) is 23.0 Å². The fourth-order valence-corrected chi connectivity index (χ4v) is 2.62. The average Bonchev–Trinajstić information content (AvgIpc) is 2.65. The summed E-state index contributed by atoms with van der Waals surface area (Å²) >= 11 is 0. The average molecular weight is 331 g/mol. The van der Waals surface area contributed by atoms with Gasteiger partial charge in [-0.2, -0.15) is 0 Å². The highest BCUT2D eigenvalue weighted by molar-refractivity contribution is 5.53. The second-order valence-corrected chi connectivity index (χ2v) is 5.45. The van der Waals surface area contributed by atoms with Crippen LogP contribution in [0.3, 0.4) is 0 Å². The molecule has 0 amide bonds. The summed E-state index contributed by atoms with van der Waals surface area (Å²) in [5.74, 6) is 2.74. The van der Waals surface area contributed by atoms with E-state index in [-0.39, 0.29) is 6.04 Å². The molecular weight excluding hydrogens is 306 g/mol. The van der Waals surface area contributed by atoms with Crippen molar-refractivity contribution in [3.05, 3.63) is 47.5 Å². The van der Waals surface area contributed by atoms with Crippen LogP contribution in [0.2, 0.25) is 0 Å². The molecule has 130 valence electrons. The molecule has 0 aliphatic carbocycles. The van der Waals surface area contributed by atoms with E-state index in [9.17, 15) is 0 Å². The highest BCUT2D eigenvalue weighted by atomic mass is 16.5. The van der Waals surface area contributed by atoms with Gasteiger partial charge in [0.05, 0.1) is 28.4 Å². The Morgan fingerprint density at radius 2 is 1.42 bits per heavy atom. The van der Waals surface area contributed by atoms with Crippen molar-refractivity contribution in [2.24, 2.45) is 5.73 Å². The van der Waals surface area contributed by atoms with E-state index in [2.05, 4.69) is 0 Å². The van der Waals surface area contributed by atoms with Gasteiger partial charge < -0.3 is 24.7 Å². The number of hydrogen-bond acceptors (Lipinski definition) is 5. The van der Waals surface area contributed by atoms with Gasteiger partial charge in [0.25, 0.3) is 0 Å². The molecule has 0 aliphatic rings. The van der Waals surface area contributed by atoms with Crippen molar-refractivity contribution in [2.45, 2.75) is 18.9 Å². The van der Waals surface area contributed by atoms with Gasteiger partial charge in [0, 0.05) is 6.04 Å². The third kappa shape index (κ3) is 4.11. The fraction of sp³-hybridized carbons (Fsp3) is 0.368. The van der Waals surface area contributed by atoms with Gasteiger partial charge in [-0.3, -0.25) is 0 Å². The maximum Gasteiger partial charge on any atom is 0.203 e. The van der Waals surface area contributed by atoms with Crippen LogP contribution in [0.15, 0.2) is 36.4 Å². The maximum atomic E-state index is 6.30. The van der Waals surface area contributed by atoms with E-state index in [4.69, 9.17) is 24.7 Å². The molecule has 0 radical (unpaired) electrons. The van der Waals surface area contributed by atoms with Crippen molar-refractivity contribution in [2.75, 3.05) is 28.4 Å². The van der Waals surface area contributed by atoms with Crippen LogP contribution in [-0.4, -0.2) is 28.4 Å². The van der Waals surface area contributed by atoms with Crippen LogP contribution in [-0.2, 0) is 6.42 Å². The molecule has 2 rings (SSSR count). The monoisotopic (exact) mass is 331 g/mol. The first-order chi connectivity index (χ1) is 11.6. The van der Waals surface area contributed by atoms with E-state index in [1.807, 2.05) is 36.4 Å². The van der Waals surface area contributed by atoms with Crippen LogP contribution in [0.25, 0.3) is 0 Å². The van der Waals surface area contributed by atoms with Crippen LogP contribution in [0, 0.1) is 0 Å². The Labute approximate surface area is 143 Å². The molecule has 0 fully saturated rings. The summed E-state index contributed by atoms with van der Waals surface area (Å²) in [6.07, 6.45) is 1.62. The SMILES string of the molecule is COc1ccc([C@@H](N)CCc2cc(OC)c(OC)c(OC)c2)cc1. The van der Waals surface area contributed by atoms with Crippen molar-refractivity contribution in [3.63, 3.8) is 0 Å². The van der Waals surface area contributed by atoms with E-state index in [0.29, 0.717) is 17.2 Å². The minimum absolute atomic E-state index is 0.0463. The summed E-state index contributed by atoms with van der Waals surface area (Å²) in [5, 5.41) is 0. The number of aryl methyl sites for hydroxylation is 1. The lowest BCUT2D eigenvalue weighted by molar-refractivity contribution is 0.323. The van der Waals surface area contributed by atoms with Gasteiger partial charge in [-0.25, -0.2) is 0 Å². The first kappa shape index (κ1) is 17.9. The molecule has 0 spiro atoms. The molecule has 5 nitrogen and oxygen atoms in total. The second kappa shape index (κ2) is 8.45. The molecule has 0 saturated carbocycles. The number of ether oxygens (including phenoxy) is 4. The molecule has 0 bridgehead atoms. The molecule has 2 aromatic rings. The largest absolute Gasteiger partial charge is 0.497 e. The third-order valence-corrected chi connectivity index (χ3v) is 4.01. The zero-order chi connectivity index (χ0) is 17.5. The molecule has 2 N–H and O–H groups in total. The summed E-state index contributed by atoms with van der Waals surface area (Å²) in [6.45, 7) is 0. The summed E-state index contributed by atoms with van der Waals surface area (Å²) < 4.78 is 21.3. The fourth-order valence-electron chi connectivity index (χ4n) is 2.62. The first-order valence-electron chi connectivity index (χ1n) is 7.81. The summed E-state index contributed by atoms with van der Waals surface area (Å²) in [6, 6.07) is 11.7. The van der Waals surface area contributed by atoms with Gasteiger partial charge in [-0.1, -0.05) is 12.1 Å². The Balaban J connectivity index is 2.10. The Kier molecular flexibility index (Phi) is 6.32. The third-order valence-electron chi connectivity index (χ3n) is 4.01. The summed E-state index contributed by atoms with van der Waals surface area (Å²) in [5.41, 5.74) is 8.48. The quantitative estimate of drug-likeness (QED) is 0.803. The van der Waals surface area contributed by atoms with Crippen molar-refractivity contribution >= 4 is 0 Å². The number of methoxy groups -OCH3 is 4. The van der Waals surface area contributed by atoms with Crippen molar-refractivity contribution < 1.29 is 18.9 Å². The Hall–Kier alpha value is -2.40. The zero-order valence-corrected chi connectivity index (χ0v) is 14.7. The van der Waals surface area contributed by atoms with Gasteiger partial charge in [0.15, 0.2) is 11.5 Å². The van der Waals surface area contributed by atoms with E-state index in [0.717, 1.165) is 29.7 Å². The van der Waals surface area contributed by atoms with Crippen LogP contribution in [0.4, 0.5) is 0 Å². The molecule has 2 aromatic carbocycles. The number of rotatable bonds is 8. The summed E-state index contributed by atoms with van der Waals surface area (Å²) in [7, 11) is 6.48. The number of hydrogen-bond donors (Lipinski definition) is 1. The highest BCUT2D eigenvalue weighted by Gasteiger charge is 2.14. The van der Waals surface area contributed by atoms with Gasteiger partial charge in [-0.15, -0.1) is 0 Å². The van der Waals surface area contributed by atoms with E-state index in [1.54, 1.807) is 28.4 Å². The molecule has 0 aliphatic heterocycles. The normalized spacial score (nSPS) is 11.7. The molecule has 0 aromatic heterocycles. The van der Waals surface area contributed by atoms with Crippen LogP contribution < -0.4 is 24.7 Å².